The Hall–Kier alpha value is -0.0900. The molecule has 1 aromatic heterocycles. The zero-order valence-corrected chi connectivity index (χ0v) is 17.3. The second-order valence-electron chi connectivity index (χ2n) is 7.32. The van der Waals surface area contributed by atoms with E-state index in [-0.39, 0.29) is 0 Å². The van der Waals surface area contributed by atoms with Crippen LogP contribution in [0.1, 0.15) is 84.5 Å². The normalized spacial score (nSPS) is 23.8. The van der Waals surface area contributed by atoms with Gasteiger partial charge in [0.15, 0.2) is 0 Å². The molecule has 4 heteroatoms. The molecule has 24 heavy (non-hydrogen) atoms. The SMILES string of the molecule is CCCCCCCCCCCCC1(Cn2ccnc2)SCC(C)S1. The van der Waals surface area contributed by atoms with Crippen molar-refractivity contribution in [3.63, 3.8) is 0 Å². The molecule has 0 amide bonds. The van der Waals surface area contributed by atoms with Crippen molar-refractivity contribution in [2.45, 2.75) is 100 Å². The smallest absolute Gasteiger partial charge is 0.0946 e. The molecule has 0 aliphatic carbocycles. The fourth-order valence-electron chi connectivity index (χ4n) is 3.54. The van der Waals surface area contributed by atoms with Crippen LogP contribution in [0.4, 0.5) is 0 Å². The van der Waals surface area contributed by atoms with Gasteiger partial charge in [-0.1, -0.05) is 78.1 Å². The van der Waals surface area contributed by atoms with Crippen LogP contribution in [0.15, 0.2) is 18.7 Å². The standard InChI is InChI=1S/C20H36N2S2/c1-3-4-5-6-7-8-9-10-11-12-13-20(23-16-19(2)24-20)17-22-15-14-21-18-22/h14-15,18-19H,3-13,16-17H2,1-2H3. The quantitative estimate of drug-likeness (QED) is 0.358. The van der Waals surface area contributed by atoms with Gasteiger partial charge in [-0.15, -0.1) is 23.5 Å². The Balaban J connectivity index is 1.58. The van der Waals surface area contributed by atoms with Gasteiger partial charge in [-0.3, -0.25) is 0 Å². The minimum Gasteiger partial charge on any atom is -0.335 e. The minimum absolute atomic E-state index is 0.389. The van der Waals surface area contributed by atoms with Crippen LogP contribution in [0, 0.1) is 0 Å². The summed E-state index contributed by atoms with van der Waals surface area (Å²) < 4.78 is 2.66. The van der Waals surface area contributed by atoms with Crippen LogP contribution < -0.4 is 0 Å². The number of aromatic nitrogens is 2. The van der Waals surface area contributed by atoms with Gasteiger partial charge in [0.05, 0.1) is 10.4 Å². The predicted molar refractivity (Wildman–Crippen MR) is 111 cm³/mol. The lowest BCUT2D eigenvalue weighted by Crippen LogP contribution is -2.24. The van der Waals surface area contributed by atoms with E-state index in [0.717, 1.165) is 11.8 Å². The molecule has 2 nitrogen and oxygen atoms in total. The molecule has 2 atom stereocenters. The van der Waals surface area contributed by atoms with Crippen LogP contribution in [-0.4, -0.2) is 24.6 Å². The van der Waals surface area contributed by atoms with Crippen LogP contribution in [0.25, 0.3) is 0 Å². The Morgan fingerprint density at radius 1 is 1.04 bits per heavy atom. The van der Waals surface area contributed by atoms with Gasteiger partial charge >= 0.3 is 0 Å². The number of nitrogens with zero attached hydrogens (tertiary/aromatic N) is 2. The second kappa shape index (κ2) is 11.5. The molecule has 1 fully saturated rings. The molecule has 2 rings (SSSR count). The highest BCUT2D eigenvalue weighted by molar-refractivity contribution is 8.21. The summed E-state index contributed by atoms with van der Waals surface area (Å²) in [7, 11) is 0. The highest BCUT2D eigenvalue weighted by atomic mass is 32.2. The van der Waals surface area contributed by atoms with E-state index in [1.165, 1.54) is 76.4 Å². The summed E-state index contributed by atoms with van der Waals surface area (Å²) in [5, 5.41) is 0.793. The number of hydrogen-bond donors (Lipinski definition) is 0. The van der Waals surface area contributed by atoms with Crippen molar-refractivity contribution in [3.8, 4) is 0 Å². The van der Waals surface area contributed by atoms with Crippen molar-refractivity contribution in [1.29, 1.82) is 0 Å². The maximum Gasteiger partial charge on any atom is 0.0946 e. The van der Waals surface area contributed by atoms with E-state index < -0.39 is 0 Å². The van der Waals surface area contributed by atoms with Crippen molar-refractivity contribution in [1.82, 2.24) is 9.55 Å². The van der Waals surface area contributed by atoms with Crippen LogP contribution in [-0.2, 0) is 6.54 Å². The predicted octanol–water partition coefficient (Wildman–Crippen LogP) is 6.76. The van der Waals surface area contributed by atoms with Gasteiger partial charge in [0, 0.05) is 29.9 Å². The summed E-state index contributed by atoms with van der Waals surface area (Å²) in [6.07, 6.45) is 21.6. The number of rotatable bonds is 13. The topological polar surface area (TPSA) is 17.8 Å². The zero-order valence-electron chi connectivity index (χ0n) is 15.7. The summed E-state index contributed by atoms with van der Waals surface area (Å²) in [6, 6.07) is 0. The van der Waals surface area contributed by atoms with Crippen LogP contribution in [0.5, 0.6) is 0 Å². The molecule has 2 unspecified atom stereocenters. The lowest BCUT2D eigenvalue weighted by molar-refractivity contribution is 0.522. The third kappa shape index (κ3) is 7.43. The summed E-state index contributed by atoms with van der Waals surface area (Å²) >= 11 is 4.40. The van der Waals surface area contributed by atoms with Gasteiger partial charge < -0.3 is 4.57 Å². The molecule has 0 N–H and O–H groups in total. The summed E-state index contributed by atoms with van der Waals surface area (Å²) in [5.74, 6) is 1.30. The van der Waals surface area contributed by atoms with Gasteiger partial charge in [0.1, 0.15) is 0 Å². The van der Waals surface area contributed by atoms with Gasteiger partial charge in [-0.2, -0.15) is 0 Å². The molecule has 0 saturated carbocycles. The Labute approximate surface area is 158 Å². The molecule has 0 radical (unpaired) electrons. The van der Waals surface area contributed by atoms with Crippen molar-refractivity contribution in [2.75, 3.05) is 5.75 Å². The third-order valence-electron chi connectivity index (χ3n) is 4.89. The molecule has 1 aromatic rings. The zero-order chi connectivity index (χ0) is 17.1. The Kier molecular flexibility index (Phi) is 9.70. The van der Waals surface area contributed by atoms with Crippen LogP contribution in [0.3, 0.4) is 0 Å². The van der Waals surface area contributed by atoms with E-state index in [9.17, 15) is 0 Å². The molecule has 2 heterocycles. The summed E-state index contributed by atoms with van der Waals surface area (Å²) in [6.45, 7) is 5.79. The number of hydrogen-bond acceptors (Lipinski definition) is 3. The van der Waals surface area contributed by atoms with Crippen molar-refractivity contribution in [3.05, 3.63) is 18.7 Å². The molecular formula is C20H36N2S2. The number of thioether (sulfide) groups is 2. The Morgan fingerprint density at radius 2 is 1.71 bits per heavy atom. The summed E-state index contributed by atoms with van der Waals surface area (Å²) in [5.41, 5.74) is 0. The monoisotopic (exact) mass is 368 g/mol. The molecule has 1 aliphatic heterocycles. The first-order valence-corrected chi connectivity index (χ1v) is 11.9. The highest BCUT2D eigenvalue weighted by Gasteiger charge is 2.38. The lowest BCUT2D eigenvalue weighted by atomic mass is 10.0. The van der Waals surface area contributed by atoms with E-state index in [0.29, 0.717) is 4.08 Å². The lowest BCUT2D eigenvalue weighted by Gasteiger charge is -2.28. The maximum atomic E-state index is 4.22. The average molecular weight is 369 g/mol. The van der Waals surface area contributed by atoms with Gasteiger partial charge in [0.2, 0.25) is 0 Å². The fourth-order valence-corrected chi connectivity index (χ4v) is 7.27. The number of imidazole rings is 1. The average Bonchev–Trinajstić information content (AvgIpc) is 3.20. The first kappa shape index (κ1) is 20.2. The largest absolute Gasteiger partial charge is 0.335 e. The molecule has 0 spiro atoms. The van der Waals surface area contributed by atoms with E-state index >= 15 is 0 Å². The molecular weight excluding hydrogens is 332 g/mol. The first-order chi connectivity index (χ1) is 11.7. The Morgan fingerprint density at radius 3 is 2.25 bits per heavy atom. The van der Waals surface area contributed by atoms with Gasteiger partial charge in [0.25, 0.3) is 0 Å². The Bertz CT molecular complexity index is 421. The van der Waals surface area contributed by atoms with Crippen LogP contribution in [0.2, 0.25) is 0 Å². The molecule has 1 saturated heterocycles. The molecule has 0 aromatic carbocycles. The van der Waals surface area contributed by atoms with Crippen molar-refractivity contribution in [2.24, 2.45) is 0 Å². The highest BCUT2D eigenvalue weighted by Crippen LogP contribution is 2.52. The van der Waals surface area contributed by atoms with E-state index in [2.05, 4.69) is 53.1 Å². The van der Waals surface area contributed by atoms with Crippen LogP contribution >= 0.6 is 23.5 Å². The molecule has 0 bridgehead atoms. The summed E-state index contributed by atoms with van der Waals surface area (Å²) in [4.78, 5) is 4.22. The van der Waals surface area contributed by atoms with Gasteiger partial charge in [-0.05, 0) is 6.42 Å². The fraction of sp³-hybridized carbons (Fsp3) is 0.850. The minimum atomic E-state index is 0.389. The third-order valence-corrected chi connectivity index (χ3v) is 8.60. The van der Waals surface area contributed by atoms with E-state index in [4.69, 9.17) is 0 Å². The first-order valence-electron chi connectivity index (χ1n) is 10.0. The van der Waals surface area contributed by atoms with E-state index in [1.54, 1.807) is 0 Å². The number of unbranched alkanes of at least 4 members (excludes halogenated alkanes) is 9. The van der Waals surface area contributed by atoms with Gasteiger partial charge in [-0.25, -0.2) is 4.98 Å². The molecule has 1 aliphatic rings. The van der Waals surface area contributed by atoms with E-state index in [1.807, 2.05) is 12.5 Å². The maximum absolute atomic E-state index is 4.22. The van der Waals surface area contributed by atoms with Crippen molar-refractivity contribution >= 4 is 23.5 Å². The van der Waals surface area contributed by atoms with Crippen molar-refractivity contribution < 1.29 is 0 Å². The second-order valence-corrected chi connectivity index (χ2v) is 10.8. The molecule has 138 valence electrons.